The molecule has 0 aliphatic heterocycles. The lowest BCUT2D eigenvalue weighted by atomic mass is 9.83. The molecule has 0 saturated heterocycles. The molecule has 0 spiro atoms. The summed E-state index contributed by atoms with van der Waals surface area (Å²) >= 11 is 0. The number of rotatable bonds is 3. The summed E-state index contributed by atoms with van der Waals surface area (Å²) in [6.07, 6.45) is 2.56. The van der Waals surface area contributed by atoms with E-state index in [2.05, 4.69) is 15.1 Å². The van der Waals surface area contributed by atoms with Gasteiger partial charge in [-0.15, -0.1) is 5.10 Å². The highest BCUT2D eigenvalue weighted by Crippen LogP contribution is 1.98. The Bertz CT molecular complexity index is 555. The molecule has 0 amide bonds. The summed E-state index contributed by atoms with van der Waals surface area (Å²) in [5, 5.41) is 21.7. The maximum Gasteiger partial charge on any atom is 0.491 e. The molecule has 0 bridgehead atoms. The summed E-state index contributed by atoms with van der Waals surface area (Å²) in [7, 11) is -1.65. The molecule has 2 aromatic rings. The molecule has 0 saturated carbocycles. The molecule has 0 atom stereocenters. The smallest absolute Gasteiger partial charge is 0.460 e. The zero-order valence-electron chi connectivity index (χ0n) is 8.94. The molecule has 9 heteroatoms. The van der Waals surface area contributed by atoms with E-state index >= 15 is 0 Å². The molecule has 8 nitrogen and oxygen atoms in total. The fraction of sp³-hybridized carbons (Fsp3) is 0.250. The molecule has 0 aliphatic rings. The van der Waals surface area contributed by atoms with Gasteiger partial charge in [-0.1, -0.05) is 0 Å². The van der Waals surface area contributed by atoms with Crippen molar-refractivity contribution in [2.75, 3.05) is 6.61 Å². The average Bonchev–Trinajstić information content (AvgIpc) is 2.71. The van der Waals surface area contributed by atoms with Crippen molar-refractivity contribution in [3.8, 4) is 0 Å². The molecular formula is C8H9BN4O4. The highest BCUT2D eigenvalue weighted by Gasteiger charge is 2.17. The Morgan fingerprint density at radius 2 is 2.35 bits per heavy atom. The molecule has 2 aromatic heterocycles. The first-order valence-electron chi connectivity index (χ1n) is 4.87. The third kappa shape index (κ3) is 2.24. The van der Waals surface area contributed by atoms with Gasteiger partial charge in [0.25, 0.3) is 11.6 Å². The van der Waals surface area contributed by atoms with Gasteiger partial charge in [-0.2, -0.15) is 4.98 Å². The van der Waals surface area contributed by atoms with E-state index < -0.39 is 13.1 Å². The SMILES string of the molecule is CCOC(=O)c1nc2ncc(B(O)O)cn2n1. The predicted octanol–water partition coefficient (Wildman–Crippen LogP) is -2.02. The normalized spacial score (nSPS) is 10.5. The van der Waals surface area contributed by atoms with Crippen molar-refractivity contribution >= 4 is 24.3 Å². The Morgan fingerprint density at radius 1 is 1.59 bits per heavy atom. The number of carbonyl (C=O) groups excluding carboxylic acids is 1. The van der Waals surface area contributed by atoms with Gasteiger partial charge < -0.3 is 14.8 Å². The average molecular weight is 236 g/mol. The molecule has 0 unspecified atom stereocenters. The van der Waals surface area contributed by atoms with Gasteiger partial charge in [0.1, 0.15) is 0 Å². The number of aromatic nitrogens is 4. The summed E-state index contributed by atoms with van der Waals surface area (Å²) in [6.45, 7) is 1.90. The van der Waals surface area contributed by atoms with Crippen LogP contribution in [0.3, 0.4) is 0 Å². The summed E-state index contributed by atoms with van der Waals surface area (Å²) in [5.74, 6) is -0.592. The minimum Gasteiger partial charge on any atom is -0.460 e. The third-order valence-corrected chi connectivity index (χ3v) is 1.97. The number of esters is 1. The second kappa shape index (κ2) is 4.48. The molecular weight excluding hydrogens is 227 g/mol. The van der Waals surface area contributed by atoms with E-state index in [1.807, 2.05) is 0 Å². The van der Waals surface area contributed by atoms with Crippen molar-refractivity contribution in [3.63, 3.8) is 0 Å². The molecule has 17 heavy (non-hydrogen) atoms. The lowest BCUT2D eigenvalue weighted by Gasteiger charge is -1.97. The van der Waals surface area contributed by atoms with Crippen LogP contribution in [0, 0.1) is 0 Å². The van der Waals surface area contributed by atoms with Crippen LogP contribution in [0.4, 0.5) is 0 Å². The van der Waals surface area contributed by atoms with Gasteiger partial charge in [-0.3, -0.25) is 0 Å². The Morgan fingerprint density at radius 3 is 3.00 bits per heavy atom. The summed E-state index contributed by atoms with van der Waals surface area (Å²) < 4.78 is 5.91. The van der Waals surface area contributed by atoms with E-state index in [0.29, 0.717) is 0 Å². The van der Waals surface area contributed by atoms with Gasteiger partial charge in [0.05, 0.1) is 6.61 Å². The van der Waals surface area contributed by atoms with Crippen LogP contribution in [0.1, 0.15) is 17.5 Å². The van der Waals surface area contributed by atoms with E-state index in [4.69, 9.17) is 14.8 Å². The van der Waals surface area contributed by atoms with Crippen molar-refractivity contribution < 1.29 is 19.6 Å². The van der Waals surface area contributed by atoms with Gasteiger partial charge >= 0.3 is 13.1 Å². The zero-order valence-corrected chi connectivity index (χ0v) is 8.94. The van der Waals surface area contributed by atoms with Crippen LogP contribution in [0.15, 0.2) is 12.4 Å². The van der Waals surface area contributed by atoms with E-state index in [0.717, 1.165) is 0 Å². The van der Waals surface area contributed by atoms with Crippen LogP contribution in [0.25, 0.3) is 5.78 Å². The van der Waals surface area contributed by atoms with Gasteiger partial charge in [-0.25, -0.2) is 14.3 Å². The second-order valence-electron chi connectivity index (χ2n) is 3.16. The molecule has 2 N–H and O–H groups in total. The summed E-state index contributed by atoms with van der Waals surface area (Å²) in [6, 6.07) is 0. The van der Waals surface area contributed by atoms with Crippen LogP contribution in [0.2, 0.25) is 0 Å². The first-order chi connectivity index (χ1) is 8.11. The van der Waals surface area contributed by atoms with Crippen LogP contribution >= 0.6 is 0 Å². The lowest BCUT2D eigenvalue weighted by Crippen LogP contribution is -2.31. The number of ether oxygens (including phenoxy) is 1. The Balaban J connectivity index is 2.40. The van der Waals surface area contributed by atoms with E-state index in [1.165, 1.54) is 16.9 Å². The number of fused-ring (bicyclic) bond motifs is 1. The molecule has 0 radical (unpaired) electrons. The molecule has 2 heterocycles. The first kappa shape index (κ1) is 11.5. The molecule has 0 aromatic carbocycles. The van der Waals surface area contributed by atoms with Crippen LogP contribution in [0.5, 0.6) is 0 Å². The fourth-order valence-electron chi connectivity index (χ4n) is 1.21. The van der Waals surface area contributed by atoms with Gasteiger partial charge in [0.2, 0.25) is 0 Å². The van der Waals surface area contributed by atoms with Gasteiger partial charge in [0, 0.05) is 17.9 Å². The number of nitrogens with zero attached hydrogens (tertiary/aromatic N) is 4. The highest BCUT2D eigenvalue weighted by molar-refractivity contribution is 6.58. The maximum atomic E-state index is 11.3. The van der Waals surface area contributed by atoms with Crippen molar-refractivity contribution in [1.29, 1.82) is 0 Å². The second-order valence-corrected chi connectivity index (χ2v) is 3.16. The van der Waals surface area contributed by atoms with Crippen molar-refractivity contribution in [2.24, 2.45) is 0 Å². The van der Waals surface area contributed by atoms with Crippen LogP contribution < -0.4 is 5.46 Å². The van der Waals surface area contributed by atoms with Crippen LogP contribution in [-0.2, 0) is 4.74 Å². The minimum atomic E-state index is -1.65. The Kier molecular flexibility index (Phi) is 3.02. The summed E-state index contributed by atoms with van der Waals surface area (Å²) in [5.41, 5.74) is 0.151. The quantitative estimate of drug-likeness (QED) is 0.467. The third-order valence-electron chi connectivity index (χ3n) is 1.97. The standard InChI is InChI=1S/C8H9BN4O4/c1-2-17-7(14)6-11-8-10-3-5(9(15)16)4-13(8)12-6/h3-4,15-16H,2H2,1H3. The lowest BCUT2D eigenvalue weighted by molar-refractivity contribution is 0.0512. The van der Waals surface area contributed by atoms with Crippen molar-refractivity contribution in [3.05, 3.63) is 18.2 Å². The van der Waals surface area contributed by atoms with E-state index in [9.17, 15) is 4.79 Å². The zero-order chi connectivity index (χ0) is 12.4. The van der Waals surface area contributed by atoms with Gasteiger partial charge in [0.15, 0.2) is 0 Å². The number of hydrogen-bond donors (Lipinski definition) is 2. The van der Waals surface area contributed by atoms with E-state index in [-0.39, 0.29) is 23.7 Å². The summed E-state index contributed by atoms with van der Waals surface area (Å²) in [4.78, 5) is 19.0. The number of hydrogen-bond acceptors (Lipinski definition) is 7. The predicted molar refractivity (Wildman–Crippen MR) is 56.6 cm³/mol. The fourth-order valence-corrected chi connectivity index (χ4v) is 1.21. The minimum absolute atomic E-state index is 0.121. The van der Waals surface area contributed by atoms with Crippen LogP contribution in [-0.4, -0.2) is 49.3 Å². The first-order valence-corrected chi connectivity index (χ1v) is 4.87. The monoisotopic (exact) mass is 236 g/mol. The Labute approximate surface area is 96.0 Å². The molecule has 88 valence electrons. The Hall–Kier alpha value is -2.00. The largest absolute Gasteiger partial charge is 0.491 e. The van der Waals surface area contributed by atoms with Crippen molar-refractivity contribution in [2.45, 2.75) is 6.92 Å². The highest BCUT2D eigenvalue weighted by atomic mass is 16.5. The molecule has 2 rings (SSSR count). The number of carbonyl (C=O) groups is 1. The molecule has 0 fully saturated rings. The maximum absolute atomic E-state index is 11.3. The van der Waals surface area contributed by atoms with Gasteiger partial charge in [-0.05, 0) is 6.92 Å². The topological polar surface area (TPSA) is 110 Å². The molecule has 0 aliphatic carbocycles. The van der Waals surface area contributed by atoms with Crippen molar-refractivity contribution in [1.82, 2.24) is 19.6 Å². The van der Waals surface area contributed by atoms with E-state index in [1.54, 1.807) is 6.92 Å².